The van der Waals surface area contributed by atoms with Crippen LogP contribution in [0.15, 0.2) is 73.3 Å². The van der Waals surface area contributed by atoms with Crippen LogP contribution in [-0.4, -0.2) is 49.6 Å². The van der Waals surface area contributed by atoms with Gasteiger partial charge in [0.1, 0.15) is 22.8 Å². The summed E-state index contributed by atoms with van der Waals surface area (Å²) in [5.41, 5.74) is -0.851. The molecule has 0 aromatic carbocycles. The molecule has 0 radical (unpaired) electrons. The summed E-state index contributed by atoms with van der Waals surface area (Å²) in [5, 5.41) is 46.4. The Labute approximate surface area is 280 Å². The van der Waals surface area contributed by atoms with E-state index in [1.165, 1.54) is 122 Å². The monoisotopic (exact) mass is 672 g/mol. The topological polar surface area (TPSA) is 250 Å². The van der Waals surface area contributed by atoms with Crippen LogP contribution in [0.25, 0.3) is 48.6 Å². The van der Waals surface area contributed by atoms with Crippen LogP contribution < -0.4 is 0 Å². The van der Waals surface area contributed by atoms with E-state index in [2.05, 4.69) is 29.9 Å². The van der Waals surface area contributed by atoms with Crippen molar-refractivity contribution in [1.29, 1.82) is 0 Å². The zero-order chi connectivity index (χ0) is 35.6. The van der Waals surface area contributed by atoms with Crippen molar-refractivity contribution >= 4 is 71.4 Å². The predicted octanol–water partition coefficient (Wildman–Crippen LogP) is 6.37. The molecule has 0 aliphatic heterocycles. The van der Waals surface area contributed by atoms with Gasteiger partial charge in [0.2, 0.25) is 0 Å². The van der Waals surface area contributed by atoms with Gasteiger partial charge in [-0.15, -0.1) is 0 Å². The zero-order valence-corrected chi connectivity index (χ0v) is 25.3. The number of nitrogens with zero attached hydrogens (tertiary/aromatic N) is 10. The summed E-state index contributed by atoms with van der Waals surface area (Å²) in [4.78, 5) is 69.5. The Balaban J connectivity index is 1.73. The Hall–Kier alpha value is -7.76. The number of rotatable bonds is 12. The van der Waals surface area contributed by atoms with Crippen molar-refractivity contribution in [3.05, 3.63) is 159 Å². The lowest BCUT2D eigenvalue weighted by atomic mass is 10.1. The lowest BCUT2D eigenvalue weighted by molar-refractivity contribution is -0.385. The molecule has 18 heteroatoms. The average Bonchev–Trinajstić information content (AvgIpc) is 3.12. The Bertz CT molecular complexity index is 1960. The molecule has 0 saturated heterocycles. The van der Waals surface area contributed by atoms with E-state index in [9.17, 15) is 40.5 Å². The zero-order valence-electron chi connectivity index (χ0n) is 25.3. The van der Waals surface area contributed by atoms with Crippen LogP contribution in [0.2, 0.25) is 0 Å². The first-order chi connectivity index (χ1) is 24.1. The van der Waals surface area contributed by atoms with Crippen molar-refractivity contribution in [2.45, 2.75) is 0 Å². The minimum absolute atomic E-state index is 0.0118. The van der Waals surface area contributed by atoms with Crippen molar-refractivity contribution < 1.29 is 19.7 Å². The smallest absolute Gasteiger partial charge is 0.258 e. The molecule has 0 saturated carbocycles. The van der Waals surface area contributed by atoms with Crippen molar-refractivity contribution in [2.75, 3.05) is 0 Å². The van der Waals surface area contributed by atoms with Crippen LogP contribution in [0.1, 0.15) is 45.6 Å². The first-order valence-corrected chi connectivity index (χ1v) is 14.1. The third-order valence-corrected chi connectivity index (χ3v) is 6.65. The average molecular weight is 673 g/mol. The molecule has 50 heavy (non-hydrogen) atoms. The molecule has 246 valence electrons. The number of nitro groups is 4. The molecule has 0 fully saturated rings. The van der Waals surface area contributed by atoms with Gasteiger partial charge >= 0.3 is 0 Å². The molecule has 0 spiro atoms. The van der Waals surface area contributed by atoms with Gasteiger partial charge in [0, 0.05) is 49.1 Å². The van der Waals surface area contributed by atoms with Crippen molar-refractivity contribution in [1.82, 2.24) is 29.9 Å². The summed E-state index contributed by atoms with van der Waals surface area (Å²) in [6, 6.07) is 10.6. The maximum atomic E-state index is 11.6. The second-order valence-corrected chi connectivity index (χ2v) is 9.76. The molecule has 5 heterocycles. The fourth-order valence-electron chi connectivity index (χ4n) is 4.38. The highest BCUT2D eigenvalue weighted by Gasteiger charge is 2.17. The van der Waals surface area contributed by atoms with Gasteiger partial charge in [0.15, 0.2) is 0 Å². The SMILES string of the molecule is O=[N+]([O-])c1cccnc1C=Cc1nc(C=Cc2ncccc2[N+](=O)[O-])c(C=Cc2ncccc2[N+](=O)[O-])nc1C=Cc1ncccc1[N+](=O)[O-]. The van der Waals surface area contributed by atoms with E-state index in [-0.39, 0.29) is 68.3 Å². The molecule has 0 aliphatic rings. The Morgan fingerprint density at radius 3 is 0.760 bits per heavy atom. The molecular weight excluding hydrogens is 652 g/mol. The van der Waals surface area contributed by atoms with Gasteiger partial charge in [0.05, 0.1) is 42.5 Å². The molecule has 0 unspecified atom stereocenters. The Kier molecular flexibility index (Phi) is 10.2. The fourth-order valence-corrected chi connectivity index (χ4v) is 4.38. The van der Waals surface area contributed by atoms with Crippen molar-refractivity contribution in [2.24, 2.45) is 0 Å². The van der Waals surface area contributed by atoms with E-state index in [4.69, 9.17) is 0 Å². The van der Waals surface area contributed by atoms with E-state index in [0.717, 1.165) is 0 Å². The third-order valence-electron chi connectivity index (χ3n) is 6.65. The van der Waals surface area contributed by atoms with Crippen LogP contribution in [-0.2, 0) is 0 Å². The molecule has 5 aromatic rings. The summed E-state index contributed by atoms with van der Waals surface area (Å²) < 4.78 is 0. The van der Waals surface area contributed by atoms with E-state index >= 15 is 0 Å². The molecule has 5 aromatic heterocycles. The van der Waals surface area contributed by atoms with Gasteiger partial charge in [0.25, 0.3) is 22.7 Å². The summed E-state index contributed by atoms with van der Waals surface area (Å²) in [5.74, 6) is 0. The summed E-state index contributed by atoms with van der Waals surface area (Å²) >= 11 is 0. The van der Waals surface area contributed by atoms with Crippen molar-refractivity contribution in [3.63, 3.8) is 0 Å². The first-order valence-electron chi connectivity index (χ1n) is 14.1. The summed E-state index contributed by atoms with van der Waals surface area (Å²) in [7, 11) is 0. The lowest BCUT2D eigenvalue weighted by Crippen LogP contribution is -2.01. The highest BCUT2D eigenvalue weighted by molar-refractivity contribution is 5.82. The quantitative estimate of drug-likeness (QED) is 0.103. The van der Waals surface area contributed by atoms with Crippen LogP contribution in [0, 0.1) is 40.5 Å². The van der Waals surface area contributed by atoms with E-state index in [1.54, 1.807) is 0 Å². The van der Waals surface area contributed by atoms with Gasteiger partial charge in [-0.3, -0.25) is 40.5 Å². The summed E-state index contributed by atoms with van der Waals surface area (Å²) in [6.45, 7) is 0. The van der Waals surface area contributed by atoms with Crippen LogP contribution in [0.3, 0.4) is 0 Å². The van der Waals surface area contributed by atoms with Gasteiger partial charge in [-0.1, -0.05) is 0 Å². The van der Waals surface area contributed by atoms with Gasteiger partial charge in [-0.2, -0.15) is 0 Å². The van der Waals surface area contributed by atoms with E-state index < -0.39 is 19.7 Å². The highest BCUT2D eigenvalue weighted by Crippen LogP contribution is 2.25. The summed E-state index contributed by atoms with van der Waals surface area (Å²) in [6.07, 6.45) is 16.3. The number of hydrogen-bond donors (Lipinski definition) is 0. The largest absolute Gasteiger partial charge is 0.294 e. The van der Waals surface area contributed by atoms with E-state index in [1.807, 2.05) is 0 Å². The van der Waals surface area contributed by atoms with Gasteiger partial charge in [-0.05, 0) is 72.9 Å². The molecule has 0 atom stereocenters. The standard InChI is InChI=1S/C32H20N10O8/c43-39(44)29-5-1-17-33-25(29)13-9-21-22(10-14-26-30(40(45)46)6-2-18-34-26)38-24(12-16-28-32(42(49)50)8-4-20-36-28)23(37-21)11-15-27-31(41(47)48)7-3-19-35-27/h1-20H. The molecule has 18 nitrogen and oxygen atoms in total. The molecule has 0 N–H and O–H groups in total. The second kappa shape index (κ2) is 15.2. The number of aromatic nitrogens is 6. The minimum atomic E-state index is -0.613. The highest BCUT2D eigenvalue weighted by atomic mass is 16.6. The maximum Gasteiger partial charge on any atom is 0.294 e. The van der Waals surface area contributed by atoms with Gasteiger partial charge < -0.3 is 0 Å². The van der Waals surface area contributed by atoms with Crippen molar-refractivity contribution in [3.8, 4) is 0 Å². The molecule has 0 aliphatic carbocycles. The Morgan fingerprint density at radius 1 is 0.360 bits per heavy atom. The predicted molar refractivity (Wildman–Crippen MR) is 181 cm³/mol. The Morgan fingerprint density at radius 2 is 0.560 bits per heavy atom. The molecule has 0 bridgehead atoms. The van der Waals surface area contributed by atoms with Gasteiger partial charge in [-0.25, -0.2) is 29.9 Å². The number of hydrogen-bond acceptors (Lipinski definition) is 14. The van der Waals surface area contributed by atoms with E-state index in [0.29, 0.717) is 0 Å². The normalized spacial score (nSPS) is 11.5. The third kappa shape index (κ3) is 7.96. The fraction of sp³-hybridized carbons (Fsp3) is 0. The molecule has 0 amide bonds. The van der Waals surface area contributed by atoms with Crippen LogP contribution >= 0.6 is 0 Å². The van der Waals surface area contributed by atoms with Crippen LogP contribution in [0.4, 0.5) is 22.7 Å². The maximum absolute atomic E-state index is 11.6. The lowest BCUT2D eigenvalue weighted by Gasteiger charge is -2.07. The molecular formula is C32H20N10O8. The molecule has 5 rings (SSSR count). The first kappa shape index (κ1) is 33.6. The second-order valence-electron chi connectivity index (χ2n) is 9.76. The number of pyridine rings is 4. The minimum Gasteiger partial charge on any atom is -0.258 e. The van der Waals surface area contributed by atoms with Crippen LogP contribution in [0.5, 0.6) is 0 Å².